The van der Waals surface area contributed by atoms with E-state index < -0.39 is 6.10 Å². The zero-order valence-corrected chi connectivity index (χ0v) is 12.6. The van der Waals surface area contributed by atoms with Crippen LogP contribution in [0, 0.1) is 11.8 Å². The van der Waals surface area contributed by atoms with Crippen LogP contribution in [0.15, 0.2) is 30.3 Å². The summed E-state index contributed by atoms with van der Waals surface area (Å²) in [4.78, 5) is 0. The molecule has 1 aromatic carbocycles. The van der Waals surface area contributed by atoms with Crippen molar-refractivity contribution >= 4 is 0 Å². The Hall–Kier alpha value is -1.06. The van der Waals surface area contributed by atoms with Crippen molar-refractivity contribution < 1.29 is 9.84 Å². The molecule has 0 aliphatic heterocycles. The van der Waals surface area contributed by atoms with Gasteiger partial charge in [0.1, 0.15) is 18.5 Å². The molecule has 1 fully saturated rings. The van der Waals surface area contributed by atoms with Crippen LogP contribution in [-0.2, 0) is 0 Å². The van der Waals surface area contributed by atoms with Gasteiger partial charge in [-0.25, -0.2) is 0 Å². The van der Waals surface area contributed by atoms with E-state index in [1.165, 1.54) is 19.3 Å². The van der Waals surface area contributed by atoms with E-state index in [0.717, 1.165) is 11.7 Å². The highest BCUT2D eigenvalue weighted by Gasteiger charge is 2.31. The summed E-state index contributed by atoms with van der Waals surface area (Å²) in [6, 6.07) is 10.2. The maximum Gasteiger partial charge on any atom is 0.119 e. The highest BCUT2D eigenvalue weighted by atomic mass is 16.5. The van der Waals surface area contributed by atoms with Gasteiger partial charge in [0.15, 0.2) is 0 Å². The van der Waals surface area contributed by atoms with Crippen LogP contribution in [0.1, 0.15) is 33.1 Å². The first-order valence-electron chi connectivity index (χ1n) is 7.80. The largest absolute Gasteiger partial charge is 0.491 e. The molecule has 1 saturated carbocycles. The van der Waals surface area contributed by atoms with Crippen LogP contribution in [0.4, 0.5) is 0 Å². The zero-order valence-electron chi connectivity index (χ0n) is 12.6. The van der Waals surface area contributed by atoms with Gasteiger partial charge in [-0.3, -0.25) is 0 Å². The monoisotopic (exact) mass is 277 g/mol. The van der Waals surface area contributed by atoms with Crippen LogP contribution in [0.25, 0.3) is 0 Å². The van der Waals surface area contributed by atoms with Gasteiger partial charge < -0.3 is 15.2 Å². The quantitative estimate of drug-likeness (QED) is 0.805. The number of nitrogens with one attached hydrogen (secondary N) is 1. The molecule has 1 aliphatic rings. The van der Waals surface area contributed by atoms with E-state index in [1.54, 1.807) is 0 Å². The van der Waals surface area contributed by atoms with Crippen molar-refractivity contribution in [2.24, 2.45) is 11.8 Å². The number of aliphatic hydroxyl groups is 1. The Morgan fingerprint density at radius 1 is 1.30 bits per heavy atom. The second-order valence-electron chi connectivity index (χ2n) is 5.90. The molecule has 1 aromatic rings. The summed E-state index contributed by atoms with van der Waals surface area (Å²) in [5, 5.41) is 13.5. The first kappa shape index (κ1) is 15.3. The van der Waals surface area contributed by atoms with E-state index in [1.807, 2.05) is 30.3 Å². The normalized spacial score (nSPS) is 27.4. The summed E-state index contributed by atoms with van der Waals surface area (Å²) in [5.41, 5.74) is 0. The van der Waals surface area contributed by atoms with Crippen LogP contribution in [-0.4, -0.2) is 30.4 Å². The molecule has 0 bridgehead atoms. The van der Waals surface area contributed by atoms with E-state index in [2.05, 4.69) is 19.2 Å². The number of hydrogen-bond donors (Lipinski definition) is 2. The van der Waals surface area contributed by atoms with E-state index in [4.69, 9.17) is 4.74 Å². The molecule has 1 aliphatic carbocycles. The first-order chi connectivity index (χ1) is 9.70. The fourth-order valence-corrected chi connectivity index (χ4v) is 3.17. The summed E-state index contributed by atoms with van der Waals surface area (Å²) in [7, 11) is 0. The SMILES string of the molecule is CCC1CCC(NCC(O)COc2ccccc2)C1C. The van der Waals surface area contributed by atoms with Gasteiger partial charge in [0, 0.05) is 12.6 Å². The van der Waals surface area contributed by atoms with Crippen molar-refractivity contribution in [2.75, 3.05) is 13.2 Å². The molecule has 112 valence electrons. The zero-order chi connectivity index (χ0) is 14.4. The van der Waals surface area contributed by atoms with Gasteiger partial charge in [-0.2, -0.15) is 0 Å². The van der Waals surface area contributed by atoms with Gasteiger partial charge >= 0.3 is 0 Å². The van der Waals surface area contributed by atoms with Crippen molar-refractivity contribution in [1.29, 1.82) is 0 Å². The molecule has 0 radical (unpaired) electrons. The fourth-order valence-electron chi connectivity index (χ4n) is 3.17. The van der Waals surface area contributed by atoms with Crippen LogP contribution in [0.3, 0.4) is 0 Å². The Labute approximate surface area is 122 Å². The predicted molar refractivity (Wildman–Crippen MR) is 81.9 cm³/mol. The van der Waals surface area contributed by atoms with Crippen LogP contribution >= 0.6 is 0 Å². The summed E-state index contributed by atoms with van der Waals surface area (Å²) in [6.45, 7) is 5.55. The molecule has 0 spiro atoms. The van der Waals surface area contributed by atoms with Crippen LogP contribution in [0.5, 0.6) is 5.75 Å². The van der Waals surface area contributed by atoms with Crippen LogP contribution in [0.2, 0.25) is 0 Å². The lowest BCUT2D eigenvalue weighted by atomic mass is 9.93. The standard InChI is InChI=1S/C17H27NO2/c1-3-14-9-10-17(13(14)2)18-11-15(19)12-20-16-7-5-4-6-8-16/h4-8,13-15,17-19H,3,9-12H2,1-2H3. The lowest BCUT2D eigenvalue weighted by molar-refractivity contribution is 0.102. The maximum atomic E-state index is 9.99. The smallest absolute Gasteiger partial charge is 0.119 e. The number of benzene rings is 1. The summed E-state index contributed by atoms with van der Waals surface area (Å²) in [6.07, 6.45) is 3.35. The van der Waals surface area contributed by atoms with Gasteiger partial charge in [-0.1, -0.05) is 38.5 Å². The highest BCUT2D eigenvalue weighted by molar-refractivity contribution is 5.20. The van der Waals surface area contributed by atoms with Gasteiger partial charge in [-0.15, -0.1) is 0 Å². The molecule has 0 aromatic heterocycles. The minimum Gasteiger partial charge on any atom is -0.491 e. The Kier molecular flexibility index (Phi) is 5.86. The van der Waals surface area contributed by atoms with Crippen molar-refractivity contribution in [2.45, 2.75) is 45.3 Å². The summed E-state index contributed by atoms with van der Waals surface area (Å²) < 4.78 is 5.56. The molecule has 4 atom stereocenters. The van der Waals surface area contributed by atoms with Crippen molar-refractivity contribution in [3.05, 3.63) is 30.3 Å². The van der Waals surface area contributed by atoms with Crippen molar-refractivity contribution in [3.8, 4) is 5.75 Å². The Morgan fingerprint density at radius 2 is 2.05 bits per heavy atom. The van der Waals surface area contributed by atoms with Gasteiger partial charge in [-0.05, 0) is 36.8 Å². The van der Waals surface area contributed by atoms with Gasteiger partial charge in [0.25, 0.3) is 0 Å². The average Bonchev–Trinajstić information content (AvgIpc) is 2.84. The molecule has 3 heteroatoms. The van der Waals surface area contributed by atoms with E-state index in [0.29, 0.717) is 25.1 Å². The third kappa shape index (κ3) is 4.22. The highest BCUT2D eigenvalue weighted by Crippen LogP contribution is 2.33. The first-order valence-corrected chi connectivity index (χ1v) is 7.80. The molecule has 20 heavy (non-hydrogen) atoms. The Bertz CT molecular complexity index is 382. The molecule has 2 rings (SSSR count). The number of ether oxygens (including phenoxy) is 1. The molecule has 0 amide bonds. The summed E-state index contributed by atoms with van der Waals surface area (Å²) >= 11 is 0. The maximum absolute atomic E-state index is 9.99. The molecule has 0 saturated heterocycles. The van der Waals surface area contributed by atoms with E-state index in [9.17, 15) is 5.11 Å². The number of aliphatic hydroxyl groups excluding tert-OH is 1. The molecule has 2 N–H and O–H groups in total. The van der Waals surface area contributed by atoms with Crippen molar-refractivity contribution in [3.63, 3.8) is 0 Å². The second kappa shape index (κ2) is 7.65. The van der Waals surface area contributed by atoms with Gasteiger partial charge in [0.05, 0.1) is 0 Å². The topological polar surface area (TPSA) is 41.5 Å². The molecule has 0 heterocycles. The van der Waals surface area contributed by atoms with Crippen LogP contribution < -0.4 is 10.1 Å². The summed E-state index contributed by atoms with van der Waals surface area (Å²) in [5.74, 6) is 2.36. The second-order valence-corrected chi connectivity index (χ2v) is 5.90. The molecule has 3 nitrogen and oxygen atoms in total. The lowest BCUT2D eigenvalue weighted by Gasteiger charge is -2.22. The van der Waals surface area contributed by atoms with Crippen molar-refractivity contribution in [1.82, 2.24) is 5.32 Å². The lowest BCUT2D eigenvalue weighted by Crippen LogP contribution is -2.39. The predicted octanol–water partition coefficient (Wildman–Crippen LogP) is 2.84. The van der Waals surface area contributed by atoms with Gasteiger partial charge in [0.2, 0.25) is 0 Å². The number of rotatable bonds is 7. The third-order valence-electron chi connectivity index (χ3n) is 4.55. The molecular formula is C17H27NO2. The molecular weight excluding hydrogens is 250 g/mol. The third-order valence-corrected chi connectivity index (χ3v) is 4.55. The van der Waals surface area contributed by atoms with E-state index >= 15 is 0 Å². The minimum absolute atomic E-state index is 0.343. The Balaban J connectivity index is 1.67. The fraction of sp³-hybridized carbons (Fsp3) is 0.647. The number of para-hydroxylation sites is 1. The molecule has 4 unspecified atom stereocenters. The average molecular weight is 277 g/mol. The van der Waals surface area contributed by atoms with E-state index in [-0.39, 0.29) is 0 Å². The number of hydrogen-bond acceptors (Lipinski definition) is 3. The minimum atomic E-state index is -0.455. The Morgan fingerprint density at radius 3 is 2.70 bits per heavy atom.